The maximum atomic E-state index is 16.6. The van der Waals surface area contributed by atoms with Crippen molar-refractivity contribution in [1.82, 2.24) is 24.4 Å². The number of fused-ring (bicyclic) bond motifs is 2. The monoisotopic (exact) mass is 604 g/mol. The number of ether oxygens (including phenoxy) is 1. The Hall–Kier alpha value is -4.51. The average Bonchev–Trinajstić information content (AvgIpc) is 3.12. The lowest BCUT2D eigenvalue weighted by molar-refractivity contribution is -0.129. The molecule has 222 valence electrons. The zero-order valence-corrected chi connectivity index (χ0v) is 24.9. The van der Waals surface area contributed by atoms with E-state index >= 15 is 4.39 Å². The van der Waals surface area contributed by atoms with Crippen LogP contribution in [-0.4, -0.2) is 67.2 Å². The first-order valence-electron chi connectivity index (χ1n) is 14.0. The zero-order valence-electron chi connectivity index (χ0n) is 24.1. The Morgan fingerprint density at radius 2 is 2.02 bits per heavy atom. The van der Waals surface area contributed by atoms with Gasteiger partial charge >= 0.3 is 5.69 Å². The summed E-state index contributed by atoms with van der Waals surface area (Å²) in [5.74, 6) is -1.42. The number of hydrogen-bond donors (Lipinski definition) is 1. The molecule has 10 nitrogen and oxygen atoms in total. The van der Waals surface area contributed by atoms with Crippen molar-refractivity contribution in [2.45, 2.75) is 45.7 Å². The minimum atomic E-state index is -0.858. The second-order valence-corrected chi connectivity index (χ2v) is 11.6. The summed E-state index contributed by atoms with van der Waals surface area (Å²) < 4.78 is 24.1. The molecule has 0 saturated carbocycles. The maximum Gasteiger partial charge on any atom is 0.355 e. The van der Waals surface area contributed by atoms with Crippen LogP contribution in [0.15, 0.2) is 47.9 Å². The van der Waals surface area contributed by atoms with Gasteiger partial charge in [-0.3, -0.25) is 9.78 Å². The van der Waals surface area contributed by atoms with E-state index in [1.54, 1.807) is 17.2 Å². The van der Waals surface area contributed by atoms with Crippen LogP contribution in [0.3, 0.4) is 0 Å². The smallest absolute Gasteiger partial charge is 0.355 e. The van der Waals surface area contributed by atoms with Gasteiger partial charge in [0.05, 0.1) is 28.0 Å². The molecule has 1 aromatic carbocycles. The third-order valence-electron chi connectivity index (χ3n) is 8.05. The fourth-order valence-corrected chi connectivity index (χ4v) is 6.23. The summed E-state index contributed by atoms with van der Waals surface area (Å²) in [7, 11) is 0. The van der Waals surface area contributed by atoms with Crippen LogP contribution in [0.1, 0.15) is 37.9 Å². The highest BCUT2D eigenvalue weighted by molar-refractivity contribution is 6.33. The summed E-state index contributed by atoms with van der Waals surface area (Å²) in [5, 5.41) is 11.0. The standard InChI is InChI=1S/C31H30ClFN6O4/c1-6-21(41)37-13-18-14-43-28-23-29(38(18)12-17(37)5)36-31(42)39(27-16(4)10-11-34-25(27)15(2)3)30(23)35-26(24(28)33)22-19(32)8-7-9-20(22)40/h6-11,15,17-18,40H,1,12-14H2,2-5H3. The number of nitrogens with zero attached hydrogens (tertiary/aromatic N) is 6. The number of benzene rings is 1. The summed E-state index contributed by atoms with van der Waals surface area (Å²) >= 11 is 6.46. The van der Waals surface area contributed by atoms with E-state index in [0.717, 1.165) is 5.56 Å². The second kappa shape index (κ2) is 10.6. The maximum absolute atomic E-state index is 16.6. The van der Waals surface area contributed by atoms with Crippen LogP contribution < -0.4 is 15.3 Å². The van der Waals surface area contributed by atoms with Crippen LogP contribution >= 0.6 is 11.6 Å². The second-order valence-electron chi connectivity index (χ2n) is 11.2. The lowest BCUT2D eigenvalue weighted by atomic mass is 10.0. The largest absolute Gasteiger partial charge is 0.507 e. The Kier molecular flexibility index (Phi) is 7.08. The fourth-order valence-electron chi connectivity index (χ4n) is 5.97. The van der Waals surface area contributed by atoms with Gasteiger partial charge in [-0.25, -0.2) is 18.7 Å². The summed E-state index contributed by atoms with van der Waals surface area (Å²) in [6, 6.07) is 5.51. The van der Waals surface area contributed by atoms with Gasteiger partial charge in [0.15, 0.2) is 17.2 Å². The molecular formula is C31H30ClFN6O4. The molecule has 2 unspecified atom stereocenters. The van der Waals surface area contributed by atoms with E-state index < -0.39 is 17.5 Å². The number of aromatic hydroxyl groups is 1. The van der Waals surface area contributed by atoms with Gasteiger partial charge in [0.1, 0.15) is 29.3 Å². The first-order chi connectivity index (χ1) is 20.5. The predicted molar refractivity (Wildman–Crippen MR) is 162 cm³/mol. The van der Waals surface area contributed by atoms with Crippen LogP contribution in [0.2, 0.25) is 5.02 Å². The fraction of sp³-hybridized carbons (Fsp3) is 0.323. The molecule has 0 spiro atoms. The molecule has 5 heterocycles. The van der Waals surface area contributed by atoms with Gasteiger partial charge in [0.25, 0.3) is 0 Å². The first kappa shape index (κ1) is 28.6. The summed E-state index contributed by atoms with van der Waals surface area (Å²) in [5.41, 5.74) is 0.981. The van der Waals surface area contributed by atoms with E-state index in [-0.39, 0.29) is 75.6 Å². The molecule has 0 radical (unpaired) electrons. The zero-order chi connectivity index (χ0) is 30.7. The van der Waals surface area contributed by atoms with Crippen LogP contribution in [0, 0.1) is 12.7 Å². The highest BCUT2D eigenvalue weighted by atomic mass is 35.5. The van der Waals surface area contributed by atoms with Crippen molar-refractivity contribution in [3.8, 4) is 28.4 Å². The number of piperazine rings is 1. The number of anilines is 1. The summed E-state index contributed by atoms with van der Waals surface area (Å²) in [4.78, 5) is 44.0. The Morgan fingerprint density at radius 3 is 2.72 bits per heavy atom. The van der Waals surface area contributed by atoms with Crippen LogP contribution in [-0.2, 0) is 4.79 Å². The van der Waals surface area contributed by atoms with Crippen molar-refractivity contribution in [3.05, 3.63) is 75.7 Å². The van der Waals surface area contributed by atoms with Gasteiger partial charge in [-0.15, -0.1) is 0 Å². The normalized spacial score (nSPS) is 17.9. The molecule has 4 aromatic rings. The third-order valence-corrected chi connectivity index (χ3v) is 8.36. The van der Waals surface area contributed by atoms with Gasteiger partial charge in [0.2, 0.25) is 5.91 Å². The molecular weight excluding hydrogens is 575 g/mol. The molecule has 0 bridgehead atoms. The van der Waals surface area contributed by atoms with Crippen molar-refractivity contribution in [2.24, 2.45) is 0 Å². The SMILES string of the molecule is C=CC(=O)N1CC2COc3c(F)c(-c4c(O)cccc4Cl)nc4c3c(nc(=O)n4-c3c(C)ccnc3C(C)C)N2CC1C. The Morgan fingerprint density at radius 1 is 1.26 bits per heavy atom. The average molecular weight is 605 g/mol. The van der Waals surface area contributed by atoms with Crippen molar-refractivity contribution in [3.63, 3.8) is 0 Å². The number of rotatable bonds is 4. The Labute approximate surface area is 252 Å². The van der Waals surface area contributed by atoms with Crippen LogP contribution in [0.4, 0.5) is 10.2 Å². The number of carbonyl (C=O) groups excluding carboxylic acids is 1. The van der Waals surface area contributed by atoms with Crippen LogP contribution in [0.5, 0.6) is 11.5 Å². The minimum Gasteiger partial charge on any atom is -0.507 e. The molecule has 1 fully saturated rings. The molecule has 1 N–H and O–H groups in total. The molecule has 3 aromatic heterocycles. The molecule has 2 aliphatic heterocycles. The van der Waals surface area contributed by atoms with E-state index in [2.05, 4.69) is 16.5 Å². The Balaban J connectivity index is 1.72. The number of phenolic OH excluding ortho intramolecular Hbond substituents is 1. The predicted octanol–water partition coefficient (Wildman–Crippen LogP) is 4.76. The number of halogens is 2. The molecule has 43 heavy (non-hydrogen) atoms. The van der Waals surface area contributed by atoms with Crippen molar-refractivity contribution in [1.29, 1.82) is 0 Å². The van der Waals surface area contributed by atoms with Crippen molar-refractivity contribution < 1.29 is 19.0 Å². The van der Waals surface area contributed by atoms with E-state index in [1.807, 2.05) is 32.6 Å². The molecule has 1 saturated heterocycles. The quantitative estimate of drug-likeness (QED) is 0.332. The number of pyridine rings is 2. The topological polar surface area (TPSA) is 114 Å². The van der Waals surface area contributed by atoms with Gasteiger partial charge in [-0.2, -0.15) is 4.98 Å². The first-order valence-corrected chi connectivity index (χ1v) is 14.3. The summed E-state index contributed by atoms with van der Waals surface area (Å²) in [6.45, 7) is 11.8. The van der Waals surface area contributed by atoms with E-state index in [9.17, 15) is 14.7 Å². The number of aryl methyl sites for hydroxylation is 1. The molecule has 6 rings (SSSR count). The molecule has 1 amide bonds. The molecule has 12 heteroatoms. The van der Waals surface area contributed by atoms with E-state index in [4.69, 9.17) is 21.3 Å². The van der Waals surface area contributed by atoms with Crippen molar-refractivity contribution >= 4 is 34.4 Å². The number of carbonyl (C=O) groups is 1. The van der Waals surface area contributed by atoms with Gasteiger partial charge in [0, 0.05) is 25.3 Å². The van der Waals surface area contributed by atoms with Gasteiger partial charge in [-0.05, 0) is 49.6 Å². The van der Waals surface area contributed by atoms with Crippen molar-refractivity contribution in [2.75, 3.05) is 24.6 Å². The molecule has 0 aliphatic carbocycles. The van der Waals surface area contributed by atoms with Gasteiger partial charge in [-0.1, -0.05) is 38.1 Å². The number of aromatic nitrogens is 4. The number of phenols is 1. The minimum absolute atomic E-state index is 0.00860. The molecule has 2 atom stereocenters. The number of hydrogen-bond acceptors (Lipinski definition) is 8. The highest BCUT2D eigenvalue weighted by Crippen LogP contribution is 2.45. The lowest BCUT2D eigenvalue weighted by Crippen LogP contribution is -2.60. The highest BCUT2D eigenvalue weighted by Gasteiger charge is 2.40. The lowest BCUT2D eigenvalue weighted by Gasteiger charge is -2.44. The van der Waals surface area contributed by atoms with E-state index in [1.165, 1.54) is 28.8 Å². The Bertz CT molecular complexity index is 1860. The third kappa shape index (κ3) is 4.50. The summed E-state index contributed by atoms with van der Waals surface area (Å²) in [6.07, 6.45) is 2.92. The van der Waals surface area contributed by atoms with Crippen LogP contribution in [0.25, 0.3) is 28.0 Å². The van der Waals surface area contributed by atoms with Gasteiger partial charge < -0.3 is 19.6 Å². The number of amides is 1. The van der Waals surface area contributed by atoms with E-state index in [0.29, 0.717) is 17.9 Å². The molecule has 2 aliphatic rings.